The topological polar surface area (TPSA) is 57.6 Å². The minimum Gasteiger partial charge on any atom is -0.387 e. The Labute approximate surface area is 129 Å². The highest BCUT2D eigenvalue weighted by molar-refractivity contribution is 7.91. The fraction of sp³-hybridized carbons (Fsp3) is 0.333. The van der Waals surface area contributed by atoms with Gasteiger partial charge in [0, 0.05) is 13.6 Å². The van der Waals surface area contributed by atoms with E-state index in [2.05, 4.69) is 0 Å². The Morgan fingerprint density at radius 2 is 1.86 bits per heavy atom. The standard InChI is InChI=1S/C15H19NO3S2/c1-11-7-12(2)9-13(8-11)14(17)10-16(3)21(18,19)15-5-4-6-20-15/h4-9,14,17H,10H2,1-3H3. The quantitative estimate of drug-likeness (QED) is 0.919. The van der Waals surface area contributed by atoms with Gasteiger partial charge in [0.2, 0.25) is 0 Å². The molecule has 0 aliphatic heterocycles. The minimum atomic E-state index is -3.53. The van der Waals surface area contributed by atoms with Crippen LogP contribution in [0.3, 0.4) is 0 Å². The zero-order chi connectivity index (χ0) is 15.6. The van der Waals surface area contributed by atoms with Crippen molar-refractivity contribution in [3.8, 4) is 0 Å². The monoisotopic (exact) mass is 325 g/mol. The van der Waals surface area contributed by atoms with Gasteiger partial charge in [-0.05, 0) is 30.9 Å². The molecular formula is C15H19NO3S2. The maximum atomic E-state index is 12.3. The smallest absolute Gasteiger partial charge is 0.252 e. The van der Waals surface area contributed by atoms with Crippen LogP contribution in [0.25, 0.3) is 0 Å². The van der Waals surface area contributed by atoms with Crippen LogP contribution >= 0.6 is 11.3 Å². The molecule has 1 N–H and O–H groups in total. The van der Waals surface area contributed by atoms with Crippen LogP contribution in [0.5, 0.6) is 0 Å². The first-order valence-electron chi connectivity index (χ1n) is 6.57. The lowest BCUT2D eigenvalue weighted by molar-refractivity contribution is 0.155. The third kappa shape index (κ3) is 3.71. The number of nitrogens with zero attached hydrogens (tertiary/aromatic N) is 1. The molecule has 0 amide bonds. The molecule has 0 aliphatic rings. The van der Waals surface area contributed by atoms with Gasteiger partial charge < -0.3 is 5.11 Å². The zero-order valence-electron chi connectivity index (χ0n) is 12.3. The van der Waals surface area contributed by atoms with E-state index in [0.717, 1.165) is 16.7 Å². The molecule has 0 saturated heterocycles. The summed E-state index contributed by atoms with van der Waals surface area (Å²) < 4.78 is 26.1. The summed E-state index contributed by atoms with van der Waals surface area (Å²) in [5.74, 6) is 0. The third-order valence-electron chi connectivity index (χ3n) is 3.22. The Bertz CT molecular complexity index is 688. The van der Waals surface area contributed by atoms with E-state index in [9.17, 15) is 13.5 Å². The van der Waals surface area contributed by atoms with Crippen LogP contribution in [0, 0.1) is 13.8 Å². The van der Waals surface area contributed by atoms with E-state index in [1.165, 1.54) is 22.7 Å². The van der Waals surface area contributed by atoms with Gasteiger partial charge >= 0.3 is 0 Å². The lowest BCUT2D eigenvalue weighted by Crippen LogP contribution is -2.30. The average molecular weight is 325 g/mol. The number of hydrogen-bond donors (Lipinski definition) is 1. The first-order chi connectivity index (χ1) is 9.80. The molecule has 0 saturated carbocycles. The summed E-state index contributed by atoms with van der Waals surface area (Å²) in [4.78, 5) is 0. The molecule has 114 valence electrons. The van der Waals surface area contributed by atoms with Crippen LogP contribution in [0.4, 0.5) is 0 Å². The van der Waals surface area contributed by atoms with E-state index in [-0.39, 0.29) is 10.8 Å². The molecule has 4 nitrogen and oxygen atoms in total. The molecule has 6 heteroatoms. The van der Waals surface area contributed by atoms with Gasteiger partial charge in [-0.1, -0.05) is 35.4 Å². The van der Waals surface area contributed by atoms with Gasteiger partial charge in [0.25, 0.3) is 10.0 Å². The van der Waals surface area contributed by atoms with Crippen molar-refractivity contribution in [2.45, 2.75) is 24.2 Å². The summed E-state index contributed by atoms with van der Waals surface area (Å²) in [7, 11) is -2.04. The van der Waals surface area contributed by atoms with E-state index in [0.29, 0.717) is 0 Å². The number of thiophene rings is 1. The fourth-order valence-electron chi connectivity index (χ4n) is 2.21. The number of aliphatic hydroxyl groups is 1. The number of aliphatic hydroxyl groups excluding tert-OH is 1. The molecule has 0 aliphatic carbocycles. The molecule has 0 bridgehead atoms. The Hall–Kier alpha value is -1.21. The second kappa shape index (κ2) is 6.27. The summed E-state index contributed by atoms with van der Waals surface area (Å²) in [6.07, 6.45) is -0.844. The van der Waals surface area contributed by atoms with Crippen molar-refractivity contribution in [2.24, 2.45) is 0 Å². The zero-order valence-corrected chi connectivity index (χ0v) is 13.9. The van der Waals surface area contributed by atoms with Crippen molar-refractivity contribution in [3.63, 3.8) is 0 Å². The molecule has 0 radical (unpaired) electrons. The Kier molecular flexibility index (Phi) is 4.83. The minimum absolute atomic E-state index is 0.0309. The maximum Gasteiger partial charge on any atom is 0.252 e. The summed E-state index contributed by atoms with van der Waals surface area (Å²) >= 11 is 1.17. The van der Waals surface area contributed by atoms with Crippen LogP contribution < -0.4 is 0 Å². The van der Waals surface area contributed by atoms with Crippen LogP contribution in [-0.2, 0) is 10.0 Å². The largest absolute Gasteiger partial charge is 0.387 e. The van der Waals surface area contributed by atoms with Gasteiger partial charge in [-0.15, -0.1) is 11.3 Å². The molecule has 0 spiro atoms. The predicted molar refractivity (Wildman–Crippen MR) is 85.0 cm³/mol. The van der Waals surface area contributed by atoms with E-state index in [4.69, 9.17) is 0 Å². The molecule has 1 heterocycles. The molecule has 1 unspecified atom stereocenters. The third-order valence-corrected chi connectivity index (χ3v) is 6.41. The number of rotatable bonds is 5. The highest BCUT2D eigenvalue weighted by Crippen LogP contribution is 2.23. The first-order valence-corrected chi connectivity index (χ1v) is 8.89. The lowest BCUT2D eigenvalue weighted by Gasteiger charge is -2.20. The number of benzene rings is 1. The van der Waals surface area contributed by atoms with Gasteiger partial charge in [-0.2, -0.15) is 4.31 Å². The molecule has 1 atom stereocenters. The van der Waals surface area contributed by atoms with Gasteiger partial charge in [0.15, 0.2) is 0 Å². The number of aryl methyl sites for hydroxylation is 2. The van der Waals surface area contributed by atoms with Gasteiger partial charge in [0.05, 0.1) is 6.10 Å². The molecule has 0 fully saturated rings. The number of likely N-dealkylation sites (N-methyl/N-ethyl adjacent to an activating group) is 1. The highest BCUT2D eigenvalue weighted by Gasteiger charge is 2.24. The Morgan fingerprint density at radius 3 is 2.38 bits per heavy atom. The molecule has 2 aromatic rings. The second-order valence-electron chi connectivity index (χ2n) is 5.15. The SMILES string of the molecule is Cc1cc(C)cc(C(O)CN(C)S(=O)(=O)c2cccs2)c1. The fourth-order valence-corrected chi connectivity index (χ4v) is 4.59. The lowest BCUT2D eigenvalue weighted by atomic mass is 10.0. The summed E-state index contributed by atoms with van der Waals surface area (Å²) in [5.41, 5.74) is 2.83. The average Bonchev–Trinajstić information content (AvgIpc) is 2.91. The van der Waals surface area contributed by atoms with E-state index >= 15 is 0 Å². The van der Waals surface area contributed by atoms with Crippen molar-refractivity contribution in [1.82, 2.24) is 4.31 Å². The number of hydrogen-bond acceptors (Lipinski definition) is 4. The number of sulfonamides is 1. The molecular weight excluding hydrogens is 306 g/mol. The van der Waals surface area contributed by atoms with Gasteiger partial charge in [0.1, 0.15) is 4.21 Å². The Balaban J connectivity index is 2.17. The summed E-state index contributed by atoms with van der Waals surface area (Å²) in [5, 5.41) is 12.0. The molecule has 21 heavy (non-hydrogen) atoms. The first kappa shape index (κ1) is 16.2. The predicted octanol–water partition coefficient (Wildman–Crippen LogP) is 2.72. The summed E-state index contributed by atoms with van der Waals surface area (Å²) in [6, 6.07) is 9.04. The van der Waals surface area contributed by atoms with E-state index in [1.807, 2.05) is 32.0 Å². The molecule has 1 aromatic heterocycles. The maximum absolute atomic E-state index is 12.3. The van der Waals surface area contributed by atoms with Crippen LogP contribution in [0.2, 0.25) is 0 Å². The molecule has 2 rings (SSSR count). The van der Waals surface area contributed by atoms with Gasteiger partial charge in [-0.3, -0.25) is 0 Å². The van der Waals surface area contributed by atoms with Gasteiger partial charge in [-0.25, -0.2) is 8.42 Å². The normalized spacial score (nSPS) is 13.6. The van der Waals surface area contributed by atoms with Crippen LogP contribution in [-0.4, -0.2) is 31.4 Å². The van der Waals surface area contributed by atoms with Crippen LogP contribution in [0.15, 0.2) is 39.9 Å². The van der Waals surface area contributed by atoms with Crippen molar-refractivity contribution in [3.05, 3.63) is 52.4 Å². The summed E-state index contributed by atoms with van der Waals surface area (Å²) in [6.45, 7) is 3.94. The van der Waals surface area contributed by atoms with Crippen molar-refractivity contribution >= 4 is 21.4 Å². The highest BCUT2D eigenvalue weighted by atomic mass is 32.2. The van der Waals surface area contributed by atoms with Crippen LogP contribution in [0.1, 0.15) is 22.8 Å². The molecule has 1 aromatic carbocycles. The Morgan fingerprint density at radius 1 is 1.24 bits per heavy atom. The second-order valence-corrected chi connectivity index (χ2v) is 8.37. The van der Waals surface area contributed by atoms with E-state index in [1.54, 1.807) is 17.5 Å². The van der Waals surface area contributed by atoms with Crippen molar-refractivity contribution in [2.75, 3.05) is 13.6 Å². The van der Waals surface area contributed by atoms with Crippen molar-refractivity contribution in [1.29, 1.82) is 0 Å². The van der Waals surface area contributed by atoms with E-state index < -0.39 is 16.1 Å². The van der Waals surface area contributed by atoms with Crippen molar-refractivity contribution < 1.29 is 13.5 Å².